The molecule has 2 unspecified atom stereocenters. The van der Waals surface area contributed by atoms with Crippen molar-refractivity contribution in [3.8, 4) is 0 Å². The first kappa shape index (κ1) is 16.4. The van der Waals surface area contributed by atoms with E-state index in [-0.39, 0.29) is 6.04 Å². The molecule has 26 heavy (non-hydrogen) atoms. The van der Waals surface area contributed by atoms with Gasteiger partial charge in [0.05, 0.1) is 6.04 Å². The Morgan fingerprint density at radius 3 is 2.31 bits per heavy atom. The summed E-state index contributed by atoms with van der Waals surface area (Å²) in [6.07, 6.45) is 1.32. The largest absolute Gasteiger partial charge is 0.386 e. The first-order valence-corrected chi connectivity index (χ1v) is 8.84. The highest BCUT2D eigenvalue weighted by Crippen LogP contribution is 2.35. The zero-order chi connectivity index (χ0) is 17.9. The lowest BCUT2D eigenvalue weighted by atomic mass is 9.95. The third kappa shape index (κ3) is 3.22. The van der Waals surface area contributed by atoms with Crippen LogP contribution in [0.1, 0.15) is 28.8 Å². The summed E-state index contributed by atoms with van der Waals surface area (Å²) >= 11 is 0. The highest BCUT2D eigenvalue weighted by Gasteiger charge is 2.25. The molecule has 4 rings (SSSR count). The lowest BCUT2D eigenvalue weighted by Crippen LogP contribution is -2.19. The minimum Gasteiger partial charge on any atom is -0.386 e. The molecule has 3 N–H and O–H groups in total. The van der Waals surface area contributed by atoms with Gasteiger partial charge in [-0.05, 0) is 30.7 Å². The van der Waals surface area contributed by atoms with E-state index >= 15 is 0 Å². The molecule has 1 heterocycles. The summed E-state index contributed by atoms with van der Waals surface area (Å²) in [5, 5.41) is 15.8. The number of anilines is 1. The second kappa shape index (κ2) is 7.06. The van der Waals surface area contributed by atoms with Crippen LogP contribution in [-0.2, 0) is 0 Å². The van der Waals surface area contributed by atoms with Gasteiger partial charge in [-0.25, -0.2) is 0 Å². The Labute approximate surface area is 153 Å². The van der Waals surface area contributed by atoms with Crippen LogP contribution in [0.4, 0.5) is 5.69 Å². The average Bonchev–Trinajstić information content (AvgIpc) is 3.12. The molecular formula is C23H22N2O. The number of H-pyrrole nitrogens is 1. The number of aliphatic hydroxyl groups excluding tert-OH is 1. The van der Waals surface area contributed by atoms with Gasteiger partial charge in [-0.2, -0.15) is 0 Å². The fraction of sp³-hybridized carbons (Fsp3) is 0.130. The fourth-order valence-electron chi connectivity index (χ4n) is 3.35. The SMILES string of the molecule is Cc1ccc(NC(c2c[nH]c3ccccc23)C(O)c2ccccc2)cc1. The molecule has 0 amide bonds. The molecule has 0 saturated heterocycles. The van der Waals surface area contributed by atoms with E-state index in [4.69, 9.17) is 0 Å². The Kier molecular flexibility index (Phi) is 4.46. The average molecular weight is 342 g/mol. The number of hydrogen-bond acceptors (Lipinski definition) is 2. The predicted molar refractivity (Wildman–Crippen MR) is 107 cm³/mol. The van der Waals surface area contributed by atoms with Crippen molar-refractivity contribution in [3.05, 3.63) is 102 Å². The standard InChI is InChI=1S/C23H22N2O/c1-16-11-13-18(14-12-16)25-22(23(26)17-7-3-2-4-8-17)20-15-24-21-10-6-5-9-19(20)21/h2-15,22-26H,1H3. The maximum atomic E-state index is 11.2. The van der Waals surface area contributed by atoms with Gasteiger partial charge in [0.15, 0.2) is 0 Å². The zero-order valence-corrected chi connectivity index (χ0v) is 14.7. The highest BCUT2D eigenvalue weighted by atomic mass is 16.3. The van der Waals surface area contributed by atoms with Gasteiger partial charge in [-0.15, -0.1) is 0 Å². The highest BCUT2D eigenvalue weighted by molar-refractivity contribution is 5.84. The van der Waals surface area contributed by atoms with Gasteiger partial charge in [-0.3, -0.25) is 0 Å². The third-order valence-corrected chi connectivity index (χ3v) is 4.79. The second-order valence-electron chi connectivity index (χ2n) is 6.63. The van der Waals surface area contributed by atoms with E-state index in [0.717, 1.165) is 27.7 Å². The van der Waals surface area contributed by atoms with Crippen molar-refractivity contribution in [2.45, 2.75) is 19.1 Å². The molecule has 0 aliphatic carbocycles. The Balaban J connectivity index is 1.77. The van der Waals surface area contributed by atoms with Crippen molar-refractivity contribution in [3.63, 3.8) is 0 Å². The van der Waals surface area contributed by atoms with Crippen LogP contribution in [0.5, 0.6) is 0 Å². The number of para-hydroxylation sites is 1. The molecule has 0 spiro atoms. The van der Waals surface area contributed by atoms with E-state index in [9.17, 15) is 5.11 Å². The van der Waals surface area contributed by atoms with Gasteiger partial charge in [0, 0.05) is 28.4 Å². The second-order valence-corrected chi connectivity index (χ2v) is 6.63. The monoisotopic (exact) mass is 342 g/mol. The number of aromatic nitrogens is 1. The summed E-state index contributed by atoms with van der Waals surface area (Å²) in [6, 6.07) is 26.0. The van der Waals surface area contributed by atoms with Crippen LogP contribution in [0.2, 0.25) is 0 Å². The van der Waals surface area contributed by atoms with Crippen molar-refractivity contribution in [1.29, 1.82) is 0 Å². The van der Waals surface area contributed by atoms with E-state index in [2.05, 4.69) is 53.6 Å². The molecule has 0 fully saturated rings. The molecule has 3 aromatic carbocycles. The first-order chi connectivity index (χ1) is 12.7. The van der Waals surface area contributed by atoms with Gasteiger partial charge in [-0.1, -0.05) is 66.2 Å². The van der Waals surface area contributed by atoms with E-state index in [1.165, 1.54) is 5.56 Å². The van der Waals surface area contributed by atoms with Crippen LogP contribution in [0, 0.1) is 6.92 Å². The van der Waals surface area contributed by atoms with Crippen LogP contribution in [-0.4, -0.2) is 10.1 Å². The smallest absolute Gasteiger partial charge is 0.103 e. The Bertz CT molecular complexity index is 990. The number of aryl methyl sites for hydroxylation is 1. The maximum absolute atomic E-state index is 11.2. The van der Waals surface area contributed by atoms with E-state index in [1.807, 2.05) is 48.7 Å². The van der Waals surface area contributed by atoms with Crippen LogP contribution in [0.3, 0.4) is 0 Å². The number of hydrogen-bond donors (Lipinski definition) is 3. The van der Waals surface area contributed by atoms with Crippen LogP contribution in [0.25, 0.3) is 10.9 Å². The molecule has 3 heteroatoms. The Morgan fingerprint density at radius 1 is 0.846 bits per heavy atom. The van der Waals surface area contributed by atoms with Crippen molar-refractivity contribution >= 4 is 16.6 Å². The number of aromatic amines is 1. The van der Waals surface area contributed by atoms with Gasteiger partial charge in [0.25, 0.3) is 0 Å². The molecule has 2 atom stereocenters. The van der Waals surface area contributed by atoms with Crippen LogP contribution in [0.15, 0.2) is 85.1 Å². The third-order valence-electron chi connectivity index (χ3n) is 4.79. The number of rotatable bonds is 5. The van der Waals surface area contributed by atoms with Crippen molar-refractivity contribution in [1.82, 2.24) is 4.98 Å². The summed E-state index contributed by atoms with van der Waals surface area (Å²) in [6.45, 7) is 2.07. The Hall–Kier alpha value is -3.04. The van der Waals surface area contributed by atoms with E-state index in [1.54, 1.807) is 0 Å². The normalized spacial score (nSPS) is 13.5. The topological polar surface area (TPSA) is 48.0 Å². The predicted octanol–water partition coefficient (Wildman–Crippen LogP) is 5.36. The molecule has 4 aromatic rings. The molecule has 0 saturated carbocycles. The van der Waals surface area contributed by atoms with E-state index in [0.29, 0.717) is 0 Å². The van der Waals surface area contributed by atoms with Gasteiger partial charge in [0.1, 0.15) is 6.10 Å². The quantitative estimate of drug-likeness (QED) is 0.457. The van der Waals surface area contributed by atoms with E-state index < -0.39 is 6.10 Å². The lowest BCUT2D eigenvalue weighted by molar-refractivity contribution is 0.155. The summed E-state index contributed by atoms with van der Waals surface area (Å²) in [7, 11) is 0. The number of aliphatic hydroxyl groups is 1. The molecule has 0 radical (unpaired) electrons. The van der Waals surface area contributed by atoms with Gasteiger partial charge in [0.2, 0.25) is 0 Å². The summed E-state index contributed by atoms with van der Waals surface area (Å²) in [5.41, 5.74) is 5.21. The summed E-state index contributed by atoms with van der Waals surface area (Å²) in [5.74, 6) is 0. The van der Waals surface area contributed by atoms with Crippen LogP contribution >= 0.6 is 0 Å². The van der Waals surface area contributed by atoms with Crippen LogP contribution < -0.4 is 5.32 Å². The number of fused-ring (bicyclic) bond motifs is 1. The van der Waals surface area contributed by atoms with Gasteiger partial charge < -0.3 is 15.4 Å². The maximum Gasteiger partial charge on any atom is 0.103 e. The molecular weight excluding hydrogens is 320 g/mol. The molecule has 3 nitrogen and oxygen atoms in total. The number of benzene rings is 3. The van der Waals surface area contributed by atoms with Crippen molar-refractivity contribution in [2.75, 3.05) is 5.32 Å². The van der Waals surface area contributed by atoms with Crippen molar-refractivity contribution < 1.29 is 5.11 Å². The fourth-order valence-corrected chi connectivity index (χ4v) is 3.35. The first-order valence-electron chi connectivity index (χ1n) is 8.84. The summed E-state index contributed by atoms with van der Waals surface area (Å²) in [4.78, 5) is 3.32. The lowest BCUT2D eigenvalue weighted by Gasteiger charge is -2.25. The minimum absolute atomic E-state index is 0.267. The molecule has 1 aromatic heterocycles. The minimum atomic E-state index is -0.670. The molecule has 0 bridgehead atoms. The number of nitrogens with one attached hydrogen (secondary N) is 2. The Morgan fingerprint density at radius 2 is 1.54 bits per heavy atom. The molecule has 0 aliphatic rings. The molecule has 0 aliphatic heterocycles. The van der Waals surface area contributed by atoms with Crippen molar-refractivity contribution in [2.24, 2.45) is 0 Å². The summed E-state index contributed by atoms with van der Waals surface area (Å²) < 4.78 is 0. The molecule has 130 valence electrons. The zero-order valence-electron chi connectivity index (χ0n) is 14.7. The van der Waals surface area contributed by atoms with Gasteiger partial charge >= 0.3 is 0 Å².